The maximum atomic E-state index is 11.2. The summed E-state index contributed by atoms with van der Waals surface area (Å²) in [5.41, 5.74) is 8.30. The van der Waals surface area contributed by atoms with Crippen molar-refractivity contribution < 1.29 is 9.53 Å². The van der Waals surface area contributed by atoms with Crippen LogP contribution >= 0.6 is 0 Å². The summed E-state index contributed by atoms with van der Waals surface area (Å²) in [7, 11) is 0. The Morgan fingerprint density at radius 2 is 1.90 bits per heavy atom. The van der Waals surface area contributed by atoms with E-state index >= 15 is 0 Å². The molecule has 0 saturated heterocycles. The minimum absolute atomic E-state index is 0.00678. The number of aryl methyl sites for hydroxylation is 1. The Hall–Kier alpha value is -2.29. The SMILES string of the molecule is CC(=O)c1ccc(OCCCc2ccccc2)c(N)c1. The first-order chi connectivity index (χ1) is 9.66. The summed E-state index contributed by atoms with van der Waals surface area (Å²) in [5, 5.41) is 0. The number of hydrogen-bond acceptors (Lipinski definition) is 3. The van der Waals surface area contributed by atoms with Crippen molar-refractivity contribution in [3.63, 3.8) is 0 Å². The maximum Gasteiger partial charge on any atom is 0.159 e. The van der Waals surface area contributed by atoms with Gasteiger partial charge in [-0.3, -0.25) is 4.79 Å². The van der Waals surface area contributed by atoms with E-state index in [1.165, 1.54) is 12.5 Å². The van der Waals surface area contributed by atoms with Crippen molar-refractivity contribution in [3.05, 3.63) is 59.7 Å². The lowest BCUT2D eigenvalue weighted by atomic mass is 10.1. The van der Waals surface area contributed by atoms with Gasteiger partial charge in [0.1, 0.15) is 5.75 Å². The van der Waals surface area contributed by atoms with E-state index in [-0.39, 0.29) is 5.78 Å². The lowest BCUT2D eigenvalue weighted by molar-refractivity contribution is 0.101. The third-order valence-electron chi connectivity index (χ3n) is 3.13. The van der Waals surface area contributed by atoms with Crippen LogP contribution in [0.5, 0.6) is 5.75 Å². The molecular weight excluding hydrogens is 250 g/mol. The van der Waals surface area contributed by atoms with E-state index in [1.807, 2.05) is 18.2 Å². The second kappa shape index (κ2) is 6.75. The van der Waals surface area contributed by atoms with Crippen LogP contribution in [-0.2, 0) is 6.42 Å². The van der Waals surface area contributed by atoms with Gasteiger partial charge in [-0.15, -0.1) is 0 Å². The predicted octanol–water partition coefficient (Wildman–Crippen LogP) is 3.48. The number of carbonyl (C=O) groups is 1. The fourth-order valence-electron chi connectivity index (χ4n) is 2.00. The first-order valence-corrected chi connectivity index (χ1v) is 6.74. The molecule has 0 amide bonds. The Morgan fingerprint density at radius 3 is 2.55 bits per heavy atom. The lowest BCUT2D eigenvalue weighted by Crippen LogP contribution is -2.03. The van der Waals surface area contributed by atoms with E-state index in [9.17, 15) is 4.79 Å². The predicted molar refractivity (Wildman–Crippen MR) is 81.1 cm³/mol. The molecule has 3 nitrogen and oxygen atoms in total. The van der Waals surface area contributed by atoms with Crippen LogP contribution in [0.1, 0.15) is 29.3 Å². The zero-order chi connectivity index (χ0) is 14.4. The fraction of sp³-hybridized carbons (Fsp3) is 0.235. The van der Waals surface area contributed by atoms with E-state index in [0.717, 1.165) is 12.8 Å². The number of carbonyl (C=O) groups excluding carboxylic acids is 1. The molecule has 0 heterocycles. The molecule has 0 aromatic heterocycles. The summed E-state index contributed by atoms with van der Waals surface area (Å²) in [6.07, 6.45) is 1.91. The van der Waals surface area contributed by atoms with Gasteiger partial charge in [0, 0.05) is 5.56 Å². The van der Waals surface area contributed by atoms with Gasteiger partial charge in [0.15, 0.2) is 5.78 Å². The first kappa shape index (κ1) is 14.1. The summed E-state index contributed by atoms with van der Waals surface area (Å²) in [5.74, 6) is 0.649. The highest BCUT2D eigenvalue weighted by molar-refractivity contribution is 5.95. The van der Waals surface area contributed by atoms with Crippen LogP contribution in [0.3, 0.4) is 0 Å². The summed E-state index contributed by atoms with van der Waals surface area (Å²) in [6, 6.07) is 15.5. The van der Waals surface area contributed by atoms with Gasteiger partial charge in [0.25, 0.3) is 0 Å². The van der Waals surface area contributed by atoms with Gasteiger partial charge in [0.05, 0.1) is 12.3 Å². The van der Waals surface area contributed by atoms with Crippen molar-refractivity contribution in [1.29, 1.82) is 0 Å². The molecule has 0 spiro atoms. The van der Waals surface area contributed by atoms with Gasteiger partial charge in [0.2, 0.25) is 0 Å². The van der Waals surface area contributed by atoms with E-state index in [1.54, 1.807) is 18.2 Å². The van der Waals surface area contributed by atoms with Crippen molar-refractivity contribution in [2.24, 2.45) is 0 Å². The van der Waals surface area contributed by atoms with Crippen molar-refractivity contribution in [1.82, 2.24) is 0 Å². The van der Waals surface area contributed by atoms with Gasteiger partial charge >= 0.3 is 0 Å². The second-order valence-corrected chi connectivity index (χ2v) is 4.75. The first-order valence-electron chi connectivity index (χ1n) is 6.74. The van der Waals surface area contributed by atoms with Crippen LogP contribution < -0.4 is 10.5 Å². The fourth-order valence-corrected chi connectivity index (χ4v) is 2.00. The molecule has 0 bridgehead atoms. The van der Waals surface area contributed by atoms with E-state index in [2.05, 4.69) is 12.1 Å². The molecule has 0 radical (unpaired) electrons. The van der Waals surface area contributed by atoms with Gasteiger partial charge in [-0.1, -0.05) is 30.3 Å². The molecule has 0 unspecified atom stereocenters. The third kappa shape index (κ3) is 3.85. The molecule has 20 heavy (non-hydrogen) atoms. The minimum atomic E-state index is 0.00678. The summed E-state index contributed by atoms with van der Waals surface area (Å²) in [4.78, 5) is 11.2. The number of Topliss-reactive ketones (excluding diaryl/α,β-unsaturated/α-hetero) is 1. The summed E-state index contributed by atoms with van der Waals surface area (Å²) >= 11 is 0. The Balaban J connectivity index is 1.84. The highest BCUT2D eigenvalue weighted by Gasteiger charge is 2.05. The third-order valence-corrected chi connectivity index (χ3v) is 3.13. The number of ether oxygens (including phenoxy) is 1. The Bertz CT molecular complexity index is 579. The van der Waals surface area contributed by atoms with Crippen LogP contribution in [-0.4, -0.2) is 12.4 Å². The average Bonchev–Trinajstić information content (AvgIpc) is 2.46. The van der Waals surface area contributed by atoms with Crippen molar-refractivity contribution in [2.75, 3.05) is 12.3 Å². The number of hydrogen-bond donors (Lipinski definition) is 1. The Kier molecular flexibility index (Phi) is 4.77. The van der Waals surface area contributed by atoms with E-state index in [4.69, 9.17) is 10.5 Å². The van der Waals surface area contributed by atoms with Crippen LogP contribution in [0.15, 0.2) is 48.5 Å². The smallest absolute Gasteiger partial charge is 0.159 e. The molecule has 2 N–H and O–H groups in total. The number of benzene rings is 2. The summed E-state index contributed by atoms with van der Waals surface area (Å²) in [6.45, 7) is 2.13. The molecule has 3 heteroatoms. The zero-order valence-corrected chi connectivity index (χ0v) is 11.6. The molecular formula is C17H19NO2. The molecule has 0 aliphatic carbocycles. The number of nitrogens with two attached hydrogens (primary N) is 1. The van der Waals surface area contributed by atoms with Gasteiger partial charge in [-0.05, 0) is 43.5 Å². The topological polar surface area (TPSA) is 52.3 Å². The van der Waals surface area contributed by atoms with Gasteiger partial charge in [-0.25, -0.2) is 0 Å². The van der Waals surface area contributed by atoms with E-state index < -0.39 is 0 Å². The number of nitrogen functional groups attached to an aromatic ring is 1. The van der Waals surface area contributed by atoms with Crippen LogP contribution in [0.2, 0.25) is 0 Å². The number of ketones is 1. The van der Waals surface area contributed by atoms with Crippen LogP contribution in [0.25, 0.3) is 0 Å². The van der Waals surface area contributed by atoms with E-state index in [0.29, 0.717) is 23.6 Å². The van der Waals surface area contributed by atoms with Gasteiger partial charge < -0.3 is 10.5 Å². The lowest BCUT2D eigenvalue weighted by Gasteiger charge is -2.09. The van der Waals surface area contributed by atoms with Crippen molar-refractivity contribution in [2.45, 2.75) is 19.8 Å². The largest absolute Gasteiger partial charge is 0.491 e. The molecule has 2 aromatic rings. The highest BCUT2D eigenvalue weighted by Crippen LogP contribution is 2.23. The molecule has 0 aliphatic rings. The molecule has 0 saturated carbocycles. The zero-order valence-electron chi connectivity index (χ0n) is 11.6. The van der Waals surface area contributed by atoms with Crippen molar-refractivity contribution in [3.8, 4) is 5.75 Å². The molecule has 104 valence electrons. The maximum absolute atomic E-state index is 11.2. The molecule has 2 rings (SSSR count). The molecule has 2 aromatic carbocycles. The Labute approximate surface area is 119 Å². The quantitative estimate of drug-likeness (QED) is 0.496. The molecule has 0 aliphatic heterocycles. The van der Waals surface area contributed by atoms with Crippen LogP contribution in [0.4, 0.5) is 5.69 Å². The normalized spacial score (nSPS) is 10.2. The average molecular weight is 269 g/mol. The minimum Gasteiger partial charge on any atom is -0.491 e. The standard InChI is InChI=1S/C17H19NO2/c1-13(19)15-9-10-17(16(18)12-15)20-11-5-8-14-6-3-2-4-7-14/h2-4,6-7,9-10,12H,5,8,11,18H2,1H3. The van der Waals surface area contributed by atoms with Gasteiger partial charge in [-0.2, -0.15) is 0 Å². The number of rotatable bonds is 6. The monoisotopic (exact) mass is 269 g/mol. The Morgan fingerprint density at radius 1 is 1.15 bits per heavy atom. The second-order valence-electron chi connectivity index (χ2n) is 4.75. The number of anilines is 1. The highest BCUT2D eigenvalue weighted by atomic mass is 16.5. The summed E-state index contributed by atoms with van der Waals surface area (Å²) < 4.78 is 5.66. The molecule has 0 fully saturated rings. The van der Waals surface area contributed by atoms with Crippen molar-refractivity contribution >= 4 is 11.5 Å². The van der Waals surface area contributed by atoms with Crippen LogP contribution in [0, 0.1) is 0 Å². The molecule has 0 atom stereocenters.